The lowest BCUT2D eigenvalue weighted by Crippen LogP contribution is -2.48. The Kier molecular flexibility index (Phi) is 6.83. The van der Waals surface area contributed by atoms with Crippen LogP contribution in [0.1, 0.15) is 24.2 Å². The van der Waals surface area contributed by atoms with Crippen LogP contribution in [0.3, 0.4) is 0 Å². The minimum absolute atomic E-state index is 0.219. The Morgan fingerprint density at radius 1 is 1.10 bits per heavy atom. The molecule has 1 aromatic carbocycles. The van der Waals surface area contributed by atoms with E-state index >= 15 is 0 Å². The summed E-state index contributed by atoms with van der Waals surface area (Å²) in [6.45, 7) is 7.64. The first-order valence-electron chi connectivity index (χ1n) is 9.67. The van der Waals surface area contributed by atoms with Gasteiger partial charge >= 0.3 is 0 Å². The molecule has 0 bridgehead atoms. The van der Waals surface area contributed by atoms with E-state index in [9.17, 15) is 13.2 Å². The second-order valence-corrected chi connectivity index (χ2v) is 8.54. The predicted octanol–water partition coefficient (Wildman–Crippen LogP) is 2.06. The van der Waals surface area contributed by atoms with Gasteiger partial charge in [-0.3, -0.25) is 4.79 Å². The summed E-state index contributed by atoms with van der Waals surface area (Å²) >= 11 is 0. The quantitative estimate of drug-likeness (QED) is 0.740. The van der Waals surface area contributed by atoms with E-state index in [1.54, 1.807) is 30.5 Å². The largest absolute Gasteiger partial charge is 0.477 e. The number of nitrogens with one attached hydrogen (secondary N) is 1. The predicted molar refractivity (Wildman–Crippen MR) is 111 cm³/mol. The van der Waals surface area contributed by atoms with Gasteiger partial charge in [0.2, 0.25) is 15.9 Å². The zero-order valence-electron chi connectivity index (χ0n) is 16.7. The third-order valence-electron chi connectivity index (χ3n) is 4.83. The number of hydrogen-bond acceptors (Lipinski definition) is 6. The molecule has 1 aliphatic heterocycles. The maximum atomic E-state index is 12.8. The first-order chi connectivity index (χ1) is 14.0. The van der Waals surface area contributed by atoms with Crippen LogP contribution in [0.5, 0.6) is 5.88 Å². The molecule has 9 heteroatoms. The van der Waals surface area contributed by atoms with E-state index in [-0.39, 0.29) is 16.7 Å². The van der Waals surface area contributed by atoms with Crippen molar-refractivity contribution < 1.29 is 17.9 Å². The van der Waals surface area contributed by atoms with Gasteiger partial charge in [0.1, 0.15) is 5.56 Å². The minimum Gasteiger partial charge on any atom is -0.477 e. The molecule has 1 aliphatic rings. The molecule has 0 aliphatic carbocycles. The van der Waals surface area contributed by atoms with Crippen LogP contribution in [0.4, 0.5) is 5.69 Å². The fourth-order valence-corrected chi connectivity index (χ4v) is 4.58. The molecule has 156 valence electrons. The van der Waals surface area contributed by atoms with Crippen molar-refractivity contribution in [1.82, 2.24) is 14.2 Å². The molecule has 1 aromatic heterocycles. The first-order valence-corrected chi connectivity index (χ1v) is 11.1. The number of sulfonamides is 1. The third-order valence-corrected chi connectivity index (χ3v) is 6.74. The number of hydrogen-bond donors (Lipinski definition) is 1. The highest BCUT2D eigenvalue weighted by molar-refractivity contribution is 7.89. The highest BCUT2D eigenvalue weighted by Gasteiger charge is 2.28. The molecule has 2 aromatic rings. The van der Waals surface area contributed by atoms with Crippen LogP contribution in [0.2, 0.25) is 0 Å². The SMILES string of the molecule is CCOc1ncccc1C(=O)Nc1ccc(S(=O)(=O)N2CCN(CC)CC2)cc1. The van der Waals surface area contributed by atoms with E-state index in [4.69, 9.17) is 4.74 Å². The summed E-state index contributed by atoms with van der Waals surface area (Å²) in [5.74, 6) is -0.106. The highest BCUT2D eigenvalue weighted by atomic mass is 32.2. The molecule has 8 nitrogen and oxygen atoms in total. The van der Waals surface area contributed by atoms with Crippen LogP contribution >= 0.6 is 0 Å². The van der Waals surface area contributed by atoms with E-state index in [0.717, 1.165) is 19.6 Å². The molecule has 0 saturated carbocycles. The van der Waals surface area contributed by atoms with Crippen molar-refractivity contribution >= 4 is 21.6 Å². The number of carbonyl (C=O) groups excluding carboxylic acids is 1. The number of benzene rings is 1. The monoisotopic (exact) mass is 418 g/mol. The summed E-state index contributed by atoms with van der Waals surface area (Å²) < 4.78 is 32.6. The number of anilines is 1. The van der Waals surface area contributed by atoms with Crippen molar-refractivity contribution in [2.24, 2.45) is 0 Å². The van der Waals surface area contributed by atoms with Gasteiger partial charge in [-0.25, -0.2) is 13.4 Å². The zero-order chi connectivity index (χ0) is 20.9. The van der Waals surface area contributed by atoms with Crippen molar-refractivity contribution in [2.45, 2.75) is 18.7 Å². The van der Waals surface area contributed by atoms with E-state index in [1.807, 2.05) is 6.92 Å². The van der Waals surface area contributed by atoms with Crippen LogP contribution in [-0.2, 0) is 10.0 Å². The molecule has 0 unspecified atom stereocenters. The van der Waals surface area contributed by atoms with Gasteiger partial charge < -0.3 is 15.0 Å². The van der Waals surface area contributed by atoms with E-state index in [2.05, 4.69) is 22.1 Å². The molecule has 1 fully saturated rings. The molecule has 0 atom stereocenters. The van der Waals surface area contributed by atoms with Gasteiger partial charge in [0.15, 0.2) is 0 Å². The number of piperazine rings is 1. The number of pyridine rings is 1. The molecule has 1 saturated heterocycles. The lowest BCUT2D eigenvalue weighted by Gasteiger charge is -2.33. The number of carbonyl (C=O) groups is 1. The lowest BCUT2D eigenvalue weighted by atomic mass is 10.2. The van der Waals surface area contributed by atoms with Gasteiger partial charge in [-0.2, -0.15) is 4.31 Å². The van der Waals surface area contributed by atoms with Crippen LogP contribution in [0, 0.1) is 0 Å². The fourth-order valence-electron chi connectivity index (χ4n) is 3.16. The maximum absolute atomic E-state index is 12.8. The topological polar surface area (TPSA) is 91.8 Å². The standard InChI is InChI=1S/C20H26N4O4S/c1-3-23-12-14-24(15-13-23)29(26,27)17-9-7-16(8-10-17)22-19(25)18-6-5-11-21-20(18)28-4-2/h5-11H,3-4,12-15H2,1-2H3,(H,22,25). The molecule has 1 N–H and O–H groups in total. The molecule has 3 rings (SSSR count). The maximum Gasteiger partial charge on any atom is 0.261 e. The third kappa shape index (κ3) is 4.92. The Labute approximate surface area is 171 Å². The van der Waals surface area contributed by atoms with Crippen LogP contribution in [0.15, 0.2) is 47.5 Å². The van der Waals surface area contributed by atoms with Gasteiger partial charge in [0.25, 0.3) is 5.91 Å². The first kappa shape index (κ1) is 21.2. The summed E-state index contributed by atoms with van der Waals surface area (Å²) in [5, 5.41) is 2.75. The number of nitrogens with zero attached hydrogens (tertiary/aromatic N) is 3. The van der Waals surface area contributed by atoms with Crippen molar-refractivity contribution in [1.29, 1.82) is 0 Å². The van der Waals surface area contributed by atoms with E-state index in [1.165, 1.54) is 16.4 Å². The number of ether oxygens (including phenoxy) is 1. The molecule has 0 radical (unpaired) electrons. The molecule has 1 amide bonds. The summed E-state index contributed by atoms with van der Waals surface area (Å²) in [6.07, 6.45) is 1.56. The van der Waals surface area contributed by atoms with Crippen LogP contribution < -0.4 is 10.1 Å². The van der Waals surface area contributed by atoms with Crippen molar-refractivity contribution in [3.05, 3.63) is 48.2 Å². The Morgan fingerprint density at radius 3 is 2.41 bits per heavy atom. The average Bonchev–Trinajstić information content (AvgIpc) is 2.75. The zero-order valence-corrected chi connectivity index (χ0v) is 17.5. The minimum atomic E-state index is -3.54. The second-order valence-electron chi connectivity index (χ2n) is 6.61. The van der Waals surface area contributed by atoms with Crippen molar-refractivity contribution in [2.75, 3.05) is 44.6 Å². The Bertz CT molecular complexity index is 939. The van der Waals surface area contributed by atoms with Gasteiger partial charge in [0.05, 0.1) is 11.5 Å². The smallest absolute Gasteiger partial charge is 0.261 e. The normalized spacial score (nSPS) is 15.8. The highest BCUT2D eigenvalue weighted by Crippen LogP contribution is 2.21. The van der Waals surface area contributed by atoms with Gasteiger partial charge in [-0.05, 0) is 49.9 Å². The summed E-state index contributed by atoms with van der Waals surface area (Å²) in [5.41, 5.74) is 0.816. The molecular weight excluding hydrogens is 392 g/mol. The average molecular weight is 419 g/mol. The Hall–Kier alpha value is -2.49. The second kappa shape index (κ2) is 9.34. The number of aromatic nitrogens is 1. The van der Waals surface area contributed by atoms with Gasteiger partial charge in [-0.15, -0.1) is 0 Å². The summed E-state index contributed by atoms with van der Waals surface area (Å²) in [6, 6.07) is 9.49. The fraction of sp³-hybridized carbons (Fsp3) is 0.400. The summed E-state index contributed by atoms with van der Waals surface area (Å²) in [7, 11) is -3.54. The van der Waals surface area contributed by atoms with Gasteiger partial charge in [-0.1, -0.05) is 6.92 Å². The van der Waals surface area contributed by atoms with Crippen molar-refractivity contribution in [3.63, 3.8) is 0 Å². The van der Waals surface area contributed by atoms with E-state index in [0.29, 0.717) is 30.9 Å². The van der Waals surface area contributed by atoms with Crippen molar-refractivity contribution in [3.8, 4) is 5.88 Å². The van der Waals surface area contributed by atoms with Crippen LogP contribution in [-0.4, -0.2) is 67.8 Å². The number of amides is 1. The number of rotatable bonds is 7. The molecule has 29 heavy (non-hydrogen) atoms. The molecular formula is C20H26N4O4S. The Morgan fingerprint density at radius 2 is 1.79 bits per heavy atom. The number of likely N-dealkylation sites (N-methyl/N-ethyl adjacent to an activating group) is 1. The van der Waals surface area contributed by atoms with Gasteiger partial charge in [0, 0.05) is 38.1 Å². The lowest BCUT2D eigenvalue weighted by molar-refractivity contribution is 0.102. The molecule has 2 heterocycles. The van der Waals surface area contributed by atoms with Crippen LogP contribution in [0.25, 0.3) is 0 Å². The summed E-state index contributed by atoms with van der Waals surface area (Å²) in [4.78, 5) is 19.0. The van der Waals surface area contributed by atoms with E-state index < -0.39 is 10.0 Å². The Balaban J connectivity index is 1.70. The molecule has 0 spiro atoms.